The van der Waals surface area contributed by atoms with E-state index in [2.05, 4.69) is 23.8 Å². The molecular formula is C27H40N2O5. The number of rotatable bonds is 16. The van der Waals surface area contributed by atoms with Gasteiger partial charge in [-0.1, -0.05) is 56.3 Å². The molecule has 0 bridgehead atoms. The summed E-state index contributed by atoms with van der Waals surface area (Å²) in [5, 5.41) is 14.7. The van der Waals surface area contributed by atoms with Crippen molar-refractivity contribution in [2.75, 3.05) is 13.2 Å². The molecule has 1 rings (SSSR count). The Morgan fingerprint density at radius 2 is 1.62 bits per heavy atom. The Morgan fingerprint density at radius 3 is 2.18 bits per heavy atom. The minimum atomic E-state index is -0.605. The van der Waals surface area contributed by atoms with Gasteiger partial charge in [0.25, 0.3) is 0 Å². The van der Waals surface area contributed by atoms with Gasteiger partial charge >= 0.3 is 5.97 Å². The molecule has 4 atom stereocenters. The summed E-state index contributed by atoms with van der Waals surface area (Å²) < 4.78 is 5.61. The van der Waals surface area contributed by atoms with Crippen molar-refractivity contribution in [3.05, 3.63) is 61.2 Å². The second-order valence-electron chi connectivity index (χ2n) is 8.98. The minimum absolute atomic E-state index is 0.0105. The zero-order valence-electron chi connectivity index (χ0n) is 20.7. The van der Waals surface area contributed by atoms with E-state index in [1.54, 1.807) is 19.1 Å². The van der Waals surface area contributed by atoms with Crippen molar-refractivity contribution in [3.8, 4) is 0 Å². The van der Waals surface area contributed by atoms with Gasteiger partial charge in [0.15, 0.2) is 0 Å². The molecule has 0 aromatic heterocycles. The number of hydrogen-bond donors (Lipinski definition) is 3. The molecule has 188 valence electrons. The molecule has 1 aromatic rings. The number of carbonyl (C=O) groups excluding carboxylic acids is 3. The van der Waals surface area contributed by atoms with E-state index in [4.69, 9.17) is 9.84 Å². The van der Waals surface area contributed by atoms with Crippen molar-refractivity contribution in [1.82, 2.24) is 10.6 Å². The van der Waals surface area contributed by atoms with Crippen molar-refractivity contribution in [3.63, 3.8) is 0 Å². The van der Waals surface area contributed by atoms with Crippen LogP contribution in [0, 0.1) is 17.8 Å². The summed E-state index contributed by atoms with van der Waals surface area (Å²) in [5.41, 5.74) is 1.04. The molecule has 0 heterocycles. The van der Waals surface area contributed by atoms with Crippen molar-refractivity contribution < 1.29 is 24.2 Å². The smallest absolute Gasteiger partial charge is 0.309 e. The number of hydrogen-bond acceptors (Lipinski definition) is 5. The van der Waals surface area contributed by atoms with E-state index in [-0.39, 0.29) is 55.3 Å². The average molecular weight is 473 g/mol. The first kappa shape index (κ1) is 29.1. The molecule has 34 heavy (non-hydrogen) atoms. The molecule has 0 saturated carbocycles. The van der Waals surface area contributed by atoms with Gasteiger partial charge in [0.1, 0.15) is 6.61 Å². The molecule has 2 amide bonds. The predicted octanol–water partition coefficient (Wildman–Crippen LogP) is 3.18. The van der Waals surface area contributed by atoms with Crippen LogP contribution in [0.1, 0.15) is 45.6 Å². The van der Waals surface area contributed by atoms with Gasteiger partial charge < -0.3 is 20.5 Å². The standard InChI is InChI=1S/C27H40N2O5/c1-6-11-22(16-25(31)28-20(5)17-30)26(32)29-24(19(3)4)18-34-27(33)23(12-7-2)15-21-13-9-8-10-14-21/h6-10,13-14,19-20,22-24,30H,1-2,11-12,15-18H2,3-5H3,(H,28,31)(H,29,32)/t20-,22+,23+,24+/m0/s1. The fourth-order valence-corrected chi connectivity index (χ4v) is 3.44. The van der Waals surface area contributed by atoms with Crippen LogP contribution in [0.4, 0.5) is 0 Å². The van der Waals surface area contributed by atoms with Gasteiger partial charge in [-0.2, -0.15) is 0 Å². The highest BCUT2D eigenvalue weighted by Gasteiger charge is 2.27. The number of nitrogens with one attached hydrogen (secondary N) is 2. The summed E-state index contributed by atoms with van der Waals surface area (Å²) in [6.45, 7) is 12.8. The fraction of sp³-hybridized carbons (Fsp3) is 0.519. The number of allylic oxidation sites excluding steroid dienone is 2. The normalized spacial score (nSPS) is 14.4. The highest BCUT2D eigenvalue weighted by molar-refractivity contribution is 5.86. The van der Waals surface area contributed by atoms with E-state index in [1.165, 1.54) is 0 Å². The van der Waals surface area contributed by atoms with Crippen LogP contribution in [0.2, 0.25) is 0 Å². The molecule has 0 saturated heterocycles. The van der Waals surface area contributed by atoms with Crippen molar-refractivity contribution in [2.45, 2.75) is 58.5 Å². The van der Waals surface area contributed by atoms with E-state index in [0.29, 0.717) is 19.3 Å². The molecule has 0 aliphatic heterocycles. The van der Waals surface area contributed by atoms with E-state index < -0.39 is 12.0 Å². The van der Waals surface area contributed by atoms with Crippen molar-refractivity contribution in [1.29, 1.82) is 0 Å². The van der Waals surface area contributed by atoms with Crippen LogP contribution < -0.4 is 10.6 Å². The lowest BCUT2D eigenvalue weighted by atomic mass is 9.96. The molecule has 0 aliphatic carbocycles. The van der Waals surface area contributed by atoms with E-state index >= 15 is 0 Å². The Labute approximate surface area is 203 Å². The molecule has 1 aromatic carbocycles. The number of aliphatic hydroxyl groups excluding tert-OH is 1. The quantitative estimate of drug-likeness (QED) is 0.253. The van der Waals surface area contributed by atoms with Gasteiger partial charge in [0.05, 0.1) is 24.5 Å². The lowest BCUT2D eigenvalue weighted by Crippen LogP contribution is -2.46. The maximum Gasteiger partial charge on any atom is 0.309 e. The maximum atomic E-state index is 12.9. The Kier molecular flexibility index (Phi) is 13.5. The molecule has 7 nitrogen and oxygen atoms in total. The van der Waals surface area contributed by atoms with E-state index in [0.717, 1.165) is 5.56 Å². The number of esters is 1. The molecule has 0 spiro atoms. The SMILES string of the molecule is C=CC[C@H](CC(=O)N[C@@H](C)CO)C(=O)N[C@H](COC(=O)[C@H](CC=C)Cc1ccccc1)C(C)C. The van der Waals surface area contributed by atoms with Gasteiger partial charge in [-0.05, 0) is 37.7 Å². The third kappa shape index (κ3) is 10.8. The summed E-state index contributed by atoms with van der Waals surface area (Å²) in [7, 11) is 0. The van der Waals surface area contributed by atoms with Gasteiger partial charge in [0.2, 0.25) is 11.8 Å². The summed E-state index contributed by atoms with van der Waals surface area (Å²) in [6, 6.07) is 8.94. The molecular weight excluding hydrogens is 432 g/mol. The number of benzene rings is 1. The van der Waals surface area contributed by atoms with Crippen molar-refractivity contribution >= 4 is 17.8 Å². The lowest BCUT2D eigenvalue weighted by molar-refractivity contribution is -0.150. The average Bonchev–Trinajstić information content (AvgIpc) is 2.81. The maximum absolute atomic E-state index is 12.9. The Balaban J connectivity index is 2.75. The van der Waals surface area contributed by atoms with Crippen LogP contribution >= 0.6 is 0 Å². The summed E-state index contributed by atoms with van der Waals surface area (Å²) in [5.74, 6) is -1.89. The third-order valence-corrected chi connectivity index (χ3v) is 5.58. The zero-order valence-corrected chi connectivity index (χ0v) is 20.7. The number of ether oxygens (including phenoxy) is 1. The van der Waals surface area contributed by atoms with Crippen LogP contribution in [-0.2, 0) is 25.5 Å². The van der Waals surface area contributed by atoms with Gasteiger partial charge in [-0.15, -0.1) is 13.2 Å². The number of aliphatic hydroxyl groups is 1. The third-order valence-electron chi connectivity index (χ3n) is 5.58. The molecule has 0 aliphatic rings. The summed E-state index contributed by atoms with van der Waals surface area (Å²) in [6.07, 6.45) is 4.66. The Morgan fingerprint density at radius 1 is 1.00 bits per heavy atom. The van der Waals surface area contributed by atoms with E-state index in [9.17, 15) is 14.4 Å². The van der Waals surface area contributed by atoms with Crippen LogP contribution in [0.5, 0.6) is 0 Å². The minimum Gasteiger partial charge on any atom is -0.463 e. The molecule has 7 heteroatoms. The highest BCUT2D eigenvalue weighted by Crippen LogP contribution is 2.16. The highest BCUT2D eigenvalue weighted by atomic mass is 16.5. The van der Waals surface area contributed by atoms with Crippen LogP contribution in [-0.4, -0.2) is 48.2 Å². The first-order chi connectivity index (χ1) is 16.2. The second-order valence-corrected chi connectivity index (χ2v) is 8.98. The number of carbonyl (C=O) groups is 3. The van der Waals surface area contributed by atoms with E-state index in [1.807, 2.05) is 44.2 Å². The predicted molar refractivity (Wildman–Crippen MR) is 134 cm³/mol. The molecule has 3 N–H and O–H groups in total. The van der Waals surface area contributed by atoms with Crippen molar-refractivity contribution in [2.24, 2.45) is 17.8 Å². The van der Waals surface area contributed by atoms with Gasteiger partial charge in [-0.25, -0.2) is 0 Å². The van der Waals surface area contributed by atoms with Gasteiger partial charge in [-0.3, -0.25) is 14.4 Å². The summed E-state index contributed by atoms with van der Waals surface area (Å²) >= 11 is 0. The van der Waals surface area contributed by atoms with Crippen LogP contribution in [0.15, 0.2) is 55.6 Å². The first-order valence-electron chi connectivity index (χ1n) is 11.8. The topological polar surface area (TPSA) is 105 Å². The molecule has 0 unspecified atom stereocenters. The number of amides is 2. The van der Waals surface area contributed by atoms with Crippen LogP contribution in [0.3, 0.4) is 0 Å². The summed E-state index contributed by atoms with van der Waals surface area (Å²) in [4.78, 5) is 37.9. The first-order valence-corrected chi connectivity index (χ1v) is 11.8. The Bertz CT molecular complexity index is 793. The lowest BCUT2D eigenvalue weighted by Gasteiger charge is -2.26. The fourth-order valence-electron chi connectivity index (χ4n) is 3.44. The monoisotopic (exact) mass is 472 g/mol. The molecule has 0 radical (unpaired) electrons. The second kappa shape index (κ2) is 15.8. The molecule has 0 fully saturated rings. The largest absolute Gasteiger partial charge is 0.463 e. The zero-order chi connectivity index (χ0) is 25.5. The Hall–Kier alpha value is -2.93. The van der Waals surface area contributed by atoms with Crippen LogP contribution in [0.25, 0.3) is 0 Å². The van der Waals surface area contributed by atoms with Gasteiger partial charge in [0, 0.05) is 12.5 Å².